The summed E-state index contributed by atoms with van der Waals surface area (Å²) in [5.74, 6) is 1.53. The van der Waals surface area contributed by atoms with Crippen LogP contribution in [-0.4, -0.2) is 33.6 Å². The Morgan fingerprint density at radius 2 is 1.95 bits per heavy atom. The molecule has 0 bridgehead atoms. The van der Waals surface area contributed by atoms with Crippen LogP contribution in [0.4, 0.5) is 0 Å². The van der Waals surface area contributed by atoms with E-state index in [9.17, 15) is 8.42 Å². The van der Waals surface area contributed by atoms with Crippen molar-refractivity contribution in [3.63, 3.8) is 0 Å². The number of halogens is 1. The summed E-state index contributed by atoms with van der Waals surface area (Å²) in [5, 5.41) is -0.579. The first-order valence-corrected chi connectivity index (χ1v) is 8.56. The molecule has 0 fully saturated rings. The van der Waals surface area contributed by atoms with Gasteiger partial charge in [-0.25, -0.2) is 8.42 Å². The lowest BCUT2D eigenvalue weighted by Crippen LogP contribution is -2.12. The molecule has 0 saturated heterocycles. The fourth-order valence-corrected chi connectivity index (χ4v) is 3.37. The van der Waals surface area contributed by atoms with Gasteiger partial charge >= 0.3 is 0 Å². The molecule has 0 saturated carbocycles. The molecule has 6 heteroatoms. The van der Waals surface area contributed by atoms with E-state index in [0.717, 1.165) is 5.56 Å². The van der Waals surface area contributed by atoms with E-state index in [0.29, 0.717) is 30.6 Å². The first-order valence-electron chi connectivity index (χ1n) is 6.06. The molecule has 1 aliphatic rings. The third-order valence-corrected chi connectivity index (χ3v) is 4.35. The van der Waals surface area contributed by atoms with Crippen LogP contribution in [0.25, 0.3) is 0 Å². The fraction of sp³-hybridized carbons (Fsp3) is 0.538. The lowest BCUT2D eigenvalue weighted by molar-refractivity contribution is 0.228. The van der Waals surface area contributed by atoms with Crippen LogP contribution in [0.3, 0.4) is 0 Å². The van der Waals surface area contributed by atoms with E-state index in [1.807, 2.05) is 6.92 Å². The quantitative estimate of drug-likeness (QED) is 0.805. The van der Waals surface area contributed by atoms with Gasteiger partial charge in [-0.1, -0.05) is 13.0 Å². The summed E-state index contributed by atoms with van der Waals surface area (Å²) in [6.07, 6.45) is 1.17. The normalized spacial score (nSPS) is 20.7. The molecular formula is C13H17ClO4S. The first kappa shape index (κ1) is 14.5. The number of hydrogen-bond donors (Lipinski definition) is 0. The second-order valence-electron chi connectivity index (χ2n) is 4.99. The SMILES string of the molecule is CC1COc2ccc(C(Cl)CS(C)(=O)=O)cc2OC1. The molecule has 0 amide bonds. The molecule has 2 rings (SSSR count). The highest BCUT2D eigenvalue weighted by Gasteiger charge is 2.19. The van der Waals surface area contributed by atoms with Crippen molar-refractivity contribution in [3.8, 4) is 11.5 Å². The second kappa shape index (κ2) is 5.59. The van der Waals surface area contributed by atoms with Crippen LogP contribution in [0, 0.1) is 5.92 Å². The summed E-state index contributed by atoms with van der Waals surface area (Å²) in [5.41, 5.74) is 0.726. The average Bonchev–Trinajstić information content (AvgIpc) is 2.49. The van der Waals surface area contributed by atoms with Crippen molar-refractivity contribution in [2.75, 3.05) is 25.2 Å². The van der Waals surface area contributed by atoms with Crippen LogP contribution in [0.15, 0.2) is 18.2 Å². The van der Waals surface area contributed by atoms with Gasteiger partial charge in [0.1, 0.15) is 9.84 Å². The minimum Gasteiger partial charge on any atom is -0.489 e. The second-order valence-corrected chi connectivity index (χ2v) is 7.70. The molecule has 2 atom stereocenters. The summed E-state index contributed by atoms with van der Waals surface area (Å²) in [6.45, 7) is 3.23. The molecule has 0 aliphatic carbocycles. The number of rotatable bonds is 3. The zero-order valence-corrected chi connectivity index (χ0v) is 12.5. The maximum atomic E-state index is 11.3. The van der Waals surface area contributed by atoms with Gasteiger partial charge in [-0.15, -0.1) is 11.6 Å². The van der Waals surface area contributed by atoms with Gasteiger partial charge in [0.25, 0.3) is 0 Å². The molecule has 19 heavy (non-hydrogen) atoms. The van der Waals surface area contributed by atoms with Gasteiger partial charge in [0.15, 0.2) is 11.5 Å². The summed E-state index contributed by atoms with van der Waals surface area (Å²) in [4.78, 5) is 0. The smallest absolute Gasteiger partial charge is 0.161 e. The highest BCUT2D eigenvalue weighted by molar-refractivity contribution is 7.90. The Bertz CT molecular complexity index is 556. The third kappa shape index (κ3) is 4.01. The van der Waals surface area contributed by atoms with Crippen molar-refractivity contribution in [3.05, 3.63) is 23.8 Å². The van der Waals surface area contributed by atoms with Gasteiger partial charge < -0.3 is 9.47 Å². The maximum Gasteiger partial charge on any atom is 0.161 e. The summed E-state index contributed by atoms with van der Waals surface area (Å²) >= 11 is 6.13. The molecule has 1 aromatic carbocycles. The Kier molecular flexibility index (Phi) is 4.26. The number of sulfone groups is 1. The lowest BCUT2D eigenvalue weighted by Gasteiger charge is -2.12. The van der Waals surface area contributed by atoms with Crippen LogP contribution in [-0.2, 0) is 9.84 Å². The Morgan fingerprint density at radius 3 is 2.58 bits per heavy atom. The van der Waals surface area contributed by atoms with E-state index in [1.165, 1.54) is 6.26 Å². The Morgan fingerprint density at radius 1 is 1.32 bits per heavy atom. The zero-order chi connectivity index (χ0) is 14.0. The highest BCUT2D eigenvalue weighted by atomic mass is 35.5. The molecule has 4 nitrogen and oxygen atoms in total. The lowest BCUT2D eigenvalue weighted by atomic mass is 10.1. The van der Waals surface area contributed by atoms with Gasteiger partial charge in [0, 0.05) is 12.2 Å². The molecule has 1 aliphatic heterocycles. The molecule has 0 N–H and O–H groups in total. The van der Waals surface area contributed by atoms with Crippen molar-refractivity contribution in [1.82, 2.24) is 0 Å². The van der Waals surface area contributed by atoms with Gasteiger partial charge in [-0.05, 0) is 17.7 Å². The van der Waals surface area contributed by atoms with E-state index >= 15 is 0 Å². The summed E-state index contributed by atoms with van der Waals surface area (Å²) in [6, 6.07) is 5.32. The predicted molar refractivity (Wildman–Crippen MR) is 74.9 cm³/mol. The molecule has 1 heterocycles. The highest BCUT2D eigenvalue weighted by Crippen LogP contribution is 2.34. The Balaban J connectivity index is 2.21. The molecular weight excluding hydrogens is 288 g/mol. The van der Waals surface area contributed by atoms with Crippen LogP contribution in [0.5, 0.6) is 11.5 Å². The molecule has 0 radical (unpaired) electrons. The van der Waals surface area contributed by atoms with Crippen molar-refractivity contribution in [2.24, 2.45) is 5.92 Å². The molecule has 1 aromatic rings. The molecule has 0 spiro atoms. The molecule has 2 unspecified atom stereocenters. The van der Waals surface area contributed by atoms with Crippen LogP contribution in [0.1, 0.15) is 17.9 Å². The largest absolute Gasteiger partial charge is 0.489 e. The van der Waals surface area contributed by atoms with Crippen LogP contribution in [0.2, 0.25) is 0 Å². The summed E-state index contributed by atoms with van der Waals surface area (Å²) < 4.78 is 33.8. The van der Waals surface area contributed by atoms with Crippen molar-refractivity contribution in [1.29, 1.82) is 0 Å². The van der Waals surface area contributed by atoms with Crippen molar-refractivity contribution in [2.45, 2.75) is 12.3 Å². The number of ether oxygens (including phenoxy) is 2. The number of alkyl halides is 1. The fourth-order valence-electron chi connectivity index (χ4n) is 1.83. The van der Waals surface area contributed by atoms with Gasteiger partial charge in [0.2, 0.25) is 0 Å². The Labute approximate surface area is 118 Å². The standard InChI is InChI=1S/C13H17ClO4S/c1-9-6-17-12-4-3-10(5-13(12)18-7-9)11(14)8-19(2,15)16/h3-5,9,11H,6-8H2,1-2H3. The Hall–Kier alpha value is -0.940. The topological polar surface area (TPSA) is 52.6 Å². The van der Waals surface area contributed by atoms with E-state index in [1.54, 1.807) is 18.2 Å². The average molecular weight is 305 g/mol. The van der Waals surface area contributed by atoms with E-state index in [4.69, 9.17) is 21.1 Å². The minimum absolute atomic E-state index is 0.0927. The van der Waals surface area contributed by atoms with Crippen LogP contribution < -0.4 is 9.47 Å². The van der Waals surface area contributed by atoms with Crippen molar-refractivity contribution >= 4 is 21.4 Å². The summed E-state index contributed by atoms with van der Waals surface area (Å²) in [7, 11) is -3.11. The molecule has 0 aromatic heterocycles. The van der Waals surface area contributed by atoms with Gasteiger partial charge in [-0.3, -0.25) is 0 Å². The number of fused-ring (bicyclic) bond motifs is 1. The van der Waals surface area contributed by atoms with Crippen LogP contribution >= 0.6 is 11.6 Å². The number of benzene rings is 1. The third-order valence-electron chi connectivity index (χ3n) is 2.83. The van der Waals surface area contributed by atoms with E-state index in [-0.39, 0.29) is 5.75 Å². The minimum atomic E-state index is -3.11. The molecule has 106 valence electrons. The maximum absolute atomic E-state index is 11.3. The van der Waals surface area contributed by atoms with Crippen molar-refractivity contribution < 1.29 is 17.9 Å². The van der Waals surface area contributed by atoms with Gasteiger partial charge in [-0.2, -0.15) is 0 Å². The van der Waals surface area contributed by atoms with E-state index in [2.05, 4.69) is 0 Å². The first-order chi connectivity index (χ1) is 8.85. The predicted octanol–water partition coefficient (Wildman–Crippen LogP) is 2.42. The number of hydrogen-bond acceptors (Lipinski definition) is 4. The monoisotopic (exact) mass is 304 g/mol. The van der Waals surface area contributed by atoms with Gasteiger partial charge in [0.05, 0.1) is 24.3 Å². The van der Waals surface area contributed by atoms with E-state index < -0.39 is 15.2 Å². The zero-order valence-electron chi connectivity index (χ0n) is 10.9.